The molecule has 0 nitrogen and oxygen atoms in total. The van der Waals surface area contributed by atoms with Crippen LogP contribution in [0.25, 0.3) is 0 Å². The maximum absolute atomic E-state index is 2.00. The molecule has 3 heteroatoms. The number of hydrogen-bond donors (Lipinski definition) is 0. The molecule has 3 aromatic rings. The van der Waals surface area contributed by atoms with E-state index in [1.54, 1.807) is 0 Å². The van der Waals surface area contributed by atoms with Gasteiger partial charge < -0.3 is 22.3 Å². The molecular weight excluding hydrogens is 483 g/mol. The van der Waals surface area contributed by atoms with Crippen molar-refractivity contribution in [2.45, 2.75) is 0 Å². The molecule has 0 spiro atoms. The second-order valence-corrected chi connectivity index (χ2v) is 2.89. The maximum atomic E-state index is 2.00. The van der Waals surface area contributed by atoms with Crippen LogP contribution in [0.1, 0.15) is 0 Å². The summed E-state index contributed by atoms with van der Waals surface area (Å²) in [5, 5.41) is 0. The first-order valence-electron chi connectivity index (χ1n) is 5.00. The topological polar surface area (TPSA) is 0 Å². The largest absolute Gasteiger partial charge is 0.358 e. The predicted octanol–water partition coefficient (Wildman–Crippen LogP) is 5.56. The number of rotatable bonds is 0. The summed E-state index contributed by atoms with van der Waals surface area (Å²) in [5.41, 5.74) is 0. The molecule has 0 atom stereocenters. The molecule has 3 rings (SSSR count). The fraction of sp³-hybridized carbons (Fsp3) is 0. The Hall–Kier alpha value is 1.36. The van der Waals surface area contributed by atoms with E-state index < -0.39 is 0 Å². The van der Waals surface area contributed by atoms with E-state index >= 15 is 0 Å². The Balaban J connectivity index is -0.0000000352. The van der Waals surface area contributed by atoms with Gasteiger partial charge in [-0.3, -0.25) is 0 Å². The molecule has 0 aromatic heterocycles. The van der Waals surface area contributed by atoms with Gasteiger partial charge in [0.2, 0.25) is 0 Å². The summed E-state index contributed by atoms with van der Waals surface area (Å²) in [5.74, 6) is 0. The minimum Gasteiger partial charge on any atom is -0.358 e. The maximum Gasteiger partial charge on any atom is 0 e. The van der Waals surface area contributed by atoms with E-state index in [2.05, 4.69) is 0 Å². The molecule has 3 radical (unpaired) electrons. The van der Waals surface area contributed by atoms with Crippen LogP contribution in [-0.4, -0.2) is 0 Å². The summed E-state index contributed by atoms with van der Waals surface area (Å²) in [6.07, 6.45) is 0. The Labute approximate surface area is 208 Å². The molecule has 0 bridgehead atoms. The van der Waals surface area contributed by atoms with Gasteiger partial charge in [-0.15, -0.1) is 0 Å². The zero-order valence-corrected chi connectivity index (χ0v) is 21.9. The van der Waals surface area contributed by atoms with Crippen LogP contribution in [0, 0.1) is 22.3 Å². The van der Waals surface area contributed by atoms with E-state index in [9.17, 15) is 0 Å². The van der Waals surface area contributed by atoms with Crippen molar-refractivity contribution >= 4 is 0 Å². The minimum atomic E-state index is 0. The average molecular weight is 507 g/mol. The second kappa shape index (κ2) is 33.1. The van der Waals surface area contributed by atoms with Gasteiger partial charge in [-0.25, -0.2) is 36.4 Å². The van der Waals surface area contributed by atoms with Gasteiger partial charge in [0.25, 0.3) is 0 Å². The molecule has 0 amide bonds. The van der Waals surface area contributed by atoms with Crippen LogP contribution in [0.15, 0.2) is 91.0 Å². The molecule has 3 aromatic carbocycles. The van der Waals surface area contributed by atoms with Crippen molar-refractivity contribution in [2.75, 3.05) is 0 Å². The monoisotopic (exact) mass is 507 g/mol. The molecule has 0 fully saturated rings. The molecule has 0 heterocycles. The van der Waals surface area contributed by atoms with E-state index in [0.717, 1.165) is 0 Å². The Kier molecular flexibility index (Phi) is 60.0. The van der Waals surface area contributed by atoms with Gasteiger partial charge in [0.15, 0.2) is 0 Å². The Morgan fingerprint density at radius 3 is 0.524 bits per heavy atom. The van der Waals surface area contributed by atoms with Crippen molar-refractivity contribution in [3.63, 3.8) is 0 Å². The van der Waals surface area contributed by atoms with Crippen LogP contribution >= 0.6 is 0 Å². The van der Waals surface area contributed by atoms with Crippen molar-refractivity contribution in [3.05, 3.63) is 113 Å². The van der Waals surface area contributed by atoms with Gasteiger partial charge >= 0.3 is 0 Å². The molecule has 111 valence electrons. The van der Waals surface area contributed by atoms with Crippen LogP contribution in [0.4, 0.5) is 0 Å². The zero-order chi connectivity index (χ0) is 10.6. The summed E-state index contributed by atoms with van der Waals surface area (Å²) >= 11 is 0. The van der Waals surface area contributed by atoms with Crippen molar-refractivity contribution < 1.29 is 98.1 Å². The summed E-state index contributed by atoms with van der Waals surface area (Å²) in [7, 11) is 0. The van der Waals surface area contributed by atoms with Gasteiger partial charge in [0, 0.05) is 98.1 Å². The van der Waals surface area contributed by atoms with E-state index in [4.69, 9.17) is 0 Å². The average Bonchev–Trinajstić information content (AvgIpc) is 3.09. The first-order valence-corrected chi connectivity index (χ1v) is 5.00. The van der Waals surface area contributed by atoms with Crippen molar-refractivity contribution in [1.82, 2.24) is 0 Å². The van der Waals surface area contributed by atoms with E-state index in [-0.39, 0.29) is 120 Å². The Morgan fingerprint density at radius 2 is 0.476 bits per heavy atom. The molecule has 0 saturated carbocycles. The van der Waals surface area contributed by atoms with Gasteiger partial charge in [-0.2, -0.15) is 54.6 Å². The molecule has 0 N–H and O–H groups in total. The van der Waals surface area contributed by atoms with E-state index in [1.165, 1.54) is 0 Å². The van der Waals surface area contributed by atoms with Gasteiger partial charge in [0.05, 0.1) is 0 Å². The SMILES string of the molecule is [CH3-].[CH3-].[CH3-].[Y].[Y].[Y].c1cc[cH-]c1.c1cc[cH-]c1.c1cc[cH-]c1. The number of hydrogen-bond acceptors (Lipinski definition) is 0. The molecular formula is C18H24Y3-6. The molecule has 0 unspecified atom stereocenters. The fourth-order valence-electron chi connectivity index (χ4n) is 0.962. The molecule has 0 aliphatic carbocycles. The zero-order valence-electron chi connectivity index (χ0n) is 13.4. The van der Waals surface area contributed by atoms with Crippen molar-refractivity contribution in [3.8, 4) is 0 Å². The molecule has 0 saturated heterocycles. The summed E-state index contributed by atoms with van der Waals surface area (Å²) in [6, 6.07) is 30.0. The van der Waals surface area contributed by atoms with Crippen LogP contribution in [0.3, 0.4) is 0 Å². The Bertz CT molecular complexity index is 244. The van der Waals surface area contributed by atoms with E-state index in [0.29, 0.717) is 0 Å². The quantitative estimate of drug-likeness (QED) is 0.350. The predicted molar refractivity (Wildman–Crippen MR) is 85.3 cm³/mol. The third kappa shape index (κ3) is 29.9. The smallest absolute Gasteiger partial charge is 0 e. The summed E-state index contributed by atoms with van der Waals surface area (Å²) < 4.78 is 0. The van der Waals surface area contributed by atoms with Gasteiger partial charge in [-0.1, -0.05) is 0 Å². The standard InChI is InChI=1S/3C5H5.3CH3.3Y/c3*1-2-4-5-3-1;;;;;;/h3*1-5H;3*1H3;;;/q6*-1;;;. The molecule has 0 aliphatic rings. The molecule has 21 heavy (non-hydrogen) atoms. The van der Waals surface area contributed by atoms with Gasteiger partial charge in [0.1, 0.15) is 0 Å². The normalized spacial score (nSPS) is 5.71. The first-order chi connectivity index (χ1) is 7.50. The second-order valence-electron chi connectivity index (χ2n) is 2.89. The van der Waals surface area contributed by atoms with Crippen LogP contribution < -0.4 is 0 Å². The van der Waals surface area contributed by atoms with Crippen molar-refractivity contribution in [1.29, 1.82) is 0 Å². The van der Waals surface area contributed by atoms with Crippen LogP contribution in [-0.2, 0) is 98.1 Å². The van der Waals surface area contributed by atoms with Crippen LogP contribution in [0.5, 0.6) is 0 Å². The summed E-state index contributed by atoms with van der Waals surface area (Å²) in [6.45, 7) is 0. The van der Waals surface area contributed by atoms with Crippen molar-refractivity contribution in [2.24, 2.45) is 0 Å². The molecule has 0 aliphatic heterocycles. The van der Waals surface area contributed by atoms with E-state index in [1.807, 2.05) is 91.0 Å². The minimum absolute atomic E-state index is 0. The Morgan fingerprint density at radius 1 is 0.333 bits per heavy atom. The van der Waals surface area contributed by atoms with Crippen LogP contribution in [0.2, 0.25) is 0 Å². The third-order valence-electron chi connectivity index (χ3n) is 1.67. The van der Waals surface area contributed by atoms with Gasteiger partial charge in [-0.05, 0) is 0 Å². The first kappa shape index (κ1) is 38.1. The summed E-state index contributed by atoms with van der Waals surface area (Å²) in [4.78, 5) is 0. The third-order valence-corrected chi connectivity index (χ3v) is 1.67. The fourth-order valence-corrected chi connectivity index (χ4v) is 0.962.